The smallest absolute Gasteiger partial charge is 0.295 e. The number of nitrogens with one attached hydrogen (secondary N) is 1. The molecule has 0 fully saturated rings. The van der Waals surface area contributed by atoms with Gasteiger partial charge in [-0.1, -0.05) is 23.9 Å². The van der Waals surface area contributed by atoms with Gasteiger partial charge in [0, 0.05) is 6.07 Å². The van der Waals surface area contributed by atoms with Gasteiger partial charge in [-0.25, -0.2) is 18.2 Å². The molecule has 0 unspecified atom stereocenters. The summed E-state index contributed by atoms with van der Waals surface area (Å²) in [4.78, 5) is 40.2. The number of anilines is 1. The van der Waals surface area contributed by atoms with Crippen LogP contribution in [0.25, 0.3) is 16.6 Å². The van der Waals surface area contributed by atoms with E-state index in [4.69, 9.17) is 0 Å². The predicted molar refractivity (Wildman–Crippen MR) is 120 cm³/mol. The van der Waals surface area contributed by atoms with Crippen LogP contribution in [-0.4, -0.2) is 26.1 Å². The van der Waals surface area contributed by atoms with Crippen molar-refractivity contribution in [1.82, 2.24) is 9.55 Å². The molecule has 4 aromatic rings. The summed E-state index contributed by atoms with van der Waals surface area (Å²) in [6.07, 6.45) is 0. The fourth-order valence-electron chi connectivity index (χ4n) is 3.16. The first-order valence-electron chi connectivity index (χ1n) is 9.58. The molecule has 0 aliphatic carbocycles. The standard InChI is InChI=1S/C22H13F3N4O4S/c23-12-6-8-18(15(25)9-12)28-21(31)14-3-1-2-4-16(14)27-22(28)34-11-20(30)26-17-7-5-13(24)10-19(17)29(32)33/h1-10H,11H2,(H,26,30). The third-order valence-electron chi connectivity index (χ3n) is 4.66. The highest BCUT2D eigenvalue weighted by Crippen LogP contribution is 2.27. The maximum atomic E-state index is 14.5. The van der Waals surface area contributed by atoms with Gasteiger partial charge in [0.2, 0.25) is 5.91 Å². The average molecular weight is 486 g/mol. The van der Waals surface area contributed by atoms with Crippen LogP contribution in [0.1, 0.15) is 0 Å². The van der Waals surface area contributed by atoms with E-state index in [9.17, 15) is 32.9 Å². The molecule has 8 nitrogen and oxygen atoms in total. The van der Waals surface area contributed by atoms with Crippen molar-refractivity contribution in [1.29, 1.82) is 0 Å². The molecular formula is C22H13F3N4O4S. The number of thioether (sulfide) groups is 1. The number of nitro groups is 1. The van der Waals surface area contributed by atoms with Gasteiger partial charge in [-0.2, -0.15) is 0 Å². The van der Waals surface area contributed by atoms with E-state index in [-0.39, 0.29) is 27.7 Å². The number of benzene rings is 3. The molecule has 1 aromatic heterocycles. The zero-order valence-corrected chi connectivity index (χ0v) is 17.8. The predicted octanol–water partition coefficient (Wildman–Crippen LogP) is 4.44. The van der Waals surface area contributed by atoms with Crippen molar-refractivity contribution in [3.63, 3.8) is 0 Å². The normalized spacial score (nSPS) is 10.9. The number of rotatable bonds is 6. The topological polar surface area (TPSA) is 107 Å². The molecule has 4 rings (SSSR count). The van der Waals surface area contributed by atoms with E-state index < -0.39 is 39.5 Å². The second kappa shape index (κ2) is 9.35. The quantitative estimate of drug-likeness (QED) is 0.187. The fourth-order valence-corrected chi connectivity index (χ4v) is 3.97. The van der Waals surface area contributed by atoms with Crippen LogP contribution >= 0.6 is 11.8 Å². The summed E-state index contributed by atoms with van der Waals surface area (Å²) in [5.41, 5.74) is -1.45. The van der Waals surface area contributed by atoms with Gasteiger partial charge in [0.25, 0.3) is 11.2 Å². The van der Waals surface area contributed by atoms with Gasteiger partial charge in [0.15, 0.2) is 5.16 Å². The zero-order chi connectivity index (χ0) is 24.4. The summed E-state index contributed by atoms with van der Waals surface area (Å²) in [6, 6.07) is 11.7. The van der Waals surface area contributed by atoms with Gasteiger partial charge in [-0.3, -0.25) is 24.3 Å². The Kier molecular flexibility index (Phi) is 6.32. The summed E-state index contributed by atoms with van der Waals surface area (Å²) in [5.74, 6) is -3.77. The van der Waals surface area contributed by atoms with Gasteiger partial charge in [0.05, 0.1) is 33.3 Å². The number of amides is 1. The molecule has 12 heteroatoms. The lowest BCUT2D eigenvalue weighted by atomic mass is 10.2. The first-order valence-corrected chi connectivity index (χ1v) is 10.6. The molecule has 3 aromatic carbocycles. The van der Waals surface area contributed by atoms with Crippen molar-refractivity contribution in [3.05, 3.63) is 98.6 Å². The highest BCUT2D eigenvalue weighted by Gasteiger charge is 2.20. The maximum absolute atomic E-state index is 14.5. The van der Waals surface area contributed by atoms with E-state index in [1.54, 1.807) is 18.2 Å². The highest BCUT2D eigenvalue weighted by molar-refractivity contribution is 7.99. The third-order valence-corrected chi connectivity index (χ3v) is 5.60. The van der Waals surface area contributed by atoms with Crippen molar-refractivity contribution in [2.24, 2.45) is 0 Å². The van der Waals surface area contributed by atoms with Gasteiger partial charge in [-0.05, 0) is 36.4 Å². The summed E-state index contributed by atoms with van der Waals surface area (Å²) in [6.45, 7) is 0. The third kappa shape index (κ3) is 4.62. The lowest BCUT2D eigenvalue weighted by Gasteiger charge is -2.14. The Labute approximate surface area is 193 Å². The van der Waals surface area contributed by atoms with Crippen LogP contribution in [0.4, 0.5) is 24.5 Å². The van der Waals surface area contributed by atoms with Crippen LogP contribution in [-0.2, 0) is 4.79 Å². The minimum Gasteiger partial charge on any atom is -0.320 e. The largest absolute Gasteiger partial charge is 0.320 e. The van der Waals surface area contributed by atoms with Gasteiger partial charge in [0.1, 0.15) is 23.1 Å². The van der Waals surface area contributed by atoms with E-state index in [0.717, 1.165) is 40.6 Å². The average Bonchev–Trinajstić information content (AvgIpc) is 2.79. The summed E-state index contributed by atoms with van der Waals surface area (Å²) < 4.78 is 42.2. The first kappa shape index (κ1) is 23.0. The number of halogens is 3. The molecule has 1 amide bonds. The SMILES string of the molecule is O=C(CSc1nc2ccccc2c(=O)n1-c1ccc(F)cc1F)Nc1ccc(F)cc1[N+](=O)[O-]. The van der Waals surface area contributed by atoms with Crippen LogP contribution in [0.5, 0.6) is 0 Å². The van der Waals surface area contributed by atoms with Crippen molar-refractivity contribution < 1.29 is 22.9 Å². The number of nitro benzene ring substituents is 1. The molecule has 0 spiro atoms. The number of fused-ring (bicyclic) bond motifs is 1. The highest BCUT2D eigenvalue weighted by atomic mass is 32.2. The second-order valence-electron chi connectivity index (χ2n) is 6.90. The Morgan fingerprint density at radius 1 is 1.06 bits per heavy atom. The second-order valence-corrected chi connectivity index (χ2v) is 7.85. The van der Waals surface area contributed by atoms with E-state index in [2.05, 4.69) is 10.3 Å². The van der Waals surface area contributed by atoms with Crippen molar-refractivity contribution in [3.8, 4) is 5.69 Å². The minimum atomic E-state index is -1.01. The number of hydrogen-bond acceptors (Lipinski definition) is 6. The number of nitrogens with zero attached hydrogens (tertiary/aromatic N) is 3. The molecule has 172 valence electrons. The number of aromatic nitrogens is 2. The minimum absolute atomic E-state index is 0.0574. The Hall–Kier alpha value is -4.19. The van der Waals surface area contributed by atoms with Gasteiger partial charge < -0.3 is 5.32 Å². The van der Waals surface area contributed by atoms with Crippen LogP contribution in [0, 0.1) is 27.6 Å². The number of hydrogen-bond donors (Lipinski definition) is 1. The van der Waals surface area contributed by atoms with Gasteiger partial charge in [-0.15, -0.1) is 0 Å². The summed E-state index contributed by atoms with van der Waals surface area (Å²) in [7, 11) is 0. The molecule has 0 atom stereocenters. The van der Waals surface area contributed by atoms with E-state index in [1.807, 2.05) is 0 Å². The molecule has 0 saturated carbocycles. The van der Waals surface area contributed by atoms with Crippen LogP contribution < -0.4 is 10.9 Å². The number of carbonyl (C=O) groups excluding carboxylic acids is 1. The van der Waals surface area contributed by atoms with Gasteiger partial charge >= 0.3 is 0 Å². The molecule has 0 saturated heterocycles. The summed E-state index contributed by atoms with van der Waals surface area (Å²) >= 11 is 0.764. The van der Waals surface area contributed by atoms with E-state index >= 15 is 0 Å². The molecule has 0 aliphatic heterocycles. The Morgan fingerprint density at radius 2 is 1.76 bits per heavy atom. The van der Waals surface area contributed by atoms with E-state index in [0.29, 0.717) is 17.6 Å². The fraction of sp³-hybridized carbons (Fsp3) is 0.0455. The first-order chi connectivity index (χ1) is 16.2. The summed E-state index contributed by atoms with van der Waals surface area (Å²) in [5, 5.41) is 13.6. The molecule has 1 N–H and O–H groups in total. The van der Waals surface area contributed by atoms with Crippen LogP contribution in [0.2, 0.25) is 0 Å². The Bertz CT molecular complexity index is 1510. The Balaban J connectivity index is 1.69. The zero-order valence-electron chi connectivity index (χ0n) is 17.0. The van der Waals surface area contributed by atoms with Crippen molar-refractivity contribution >= 4 is 39.9 Å². The van der Waals surface area contributed by atoms with Crippen molar-refractivity contribution in [2.45, 2.75) is 5.16 Å². The monoisotopic (exact) mass is 486 g/mol. The van der Waals surface area contributed by atoms with E-state index in [1.165, 1.54) is 6.07 Å². The Morgan fingerprint density at radius 3 is 2.50 bits per heavy atom. The molecule has 34 heavy (non-hydrogen) atoms. The van der Waals surface area contributed by atoms with Crippen LogP contribution in [0.3, 0.4) is 0 Å². The molecule has 0 bridgehead atoms. The lowest BCUT2D eigenvalue weighted by Crippen LogP contribution is -2.24. The molecule has 0 aliphatic rings. The van der Waals surface area contributed by atoms with Crippen LogP contribution in [0.15, 0.2) is 70.6 Å². The number of carbonyl (C=O) groups is 1. The molecular weight excluding hydrogens is 473 g/mol. The van der Waals surface area contributed by atoms with Crippen molar-refractivity contribution in [2.75, 3.05) is 11.1 Å². The molecule has 0 radical (unpaired) electrons. The lowest BCUT2D eigenvalue weighted by molar-refractivity contribution is -0.384. The maximum Gasteiger partial charge on any atom is 0.295 e. The number of para-hydroxylation sites is 1. The molecule has 1 heterocycles.